The third-order valence-corrected chi connectivity index (χ3v) is 47.7. The second kappa shape index (κ2) is 18.8. The maximum absolute atomic E-state index is 4.93. The van der Waals surface area contributed by atoms with E-state index in [4.69, 9.17) is 12.6 Å². The van der Waals surface area contributed by atoms with Gasteiger partial charge in [-0.2, -0.15) is 0 Å². The molecule has 0 saturated carbocycles. The summed E-state index contributed by atoms with van der Waals surface area (Å²) in [6, 6.07) is 11.3. The molecule has 56 heavy (non-hydrogen) atoms. The molecular weight excluding hydrogens is 850 g/mol. The predicted molar refractivity (Wildman–Crippen MR) is 286 cm³/mol. The van der Waals surface area contributed by atoms with Gasteiger partial charge >= 0.3 is 370 Å². The number of thiol groups is 1. The Bertz CT molecular complexity index is 1560. The Kier molecular flexibility index (Phi) is 17.6. The summed E-state index contributed by atoms with van der Waals surface area (Å²) in [6.07, 6.45) is 0. The van der Waals surface area contributed by atoms with Crippen LogP contribution in [0.5, 0.6) is 0 Å². The predicted octanol–water partition coefficient (Wildman–Crippen LogP) is 15.4. The summed E-state index contributed by atoms with van der Waals surface area (Å²) in [5.74, 6) is 2.35. The summed E-state index contributed by atoms with van der Waals surface area (Å²) >= 11 is 2.57. The van der Waals surface area contributed by atoms with E-state index < -0.39 is 62.8 Å². The van der Waals surface area contributed by atoms with Crippen molar-refractivity contribution in [2.75, 3.05) is 5.75 Å². The van der Waals surface area contributed by atoms with Crippen LogP contribution in [0.15, 0.2) is 35.4 Å². The van der Waals surface area contributed by atoms with E-state index in [0.29, 0.717) is 28.1 Å². The van der Waals surface area contributed by atoms with Crippen molar-refractivity contribution in [2.24, 2.45) is 0 Å². The van der Waals surface area contributed by atoms with Crippen LogP contribution in [0.4, 0.5) is 0 Å². The molecule has 2 aromatic carbocycles. The van der Waals surface area contributed by atoms with Gasteiger partial charge in [0, 0.05) is 0 Å². The van der Waals surface area contributed by atoms with Crippen molar-refractivity contribution in [3.05, 3.63) is 68.8 Å². The van der Waals surface area contributed by atoms with Crippen molar-refractivity contribution in [2.45, 2.75) is 212 Å². The Labute approximate surface area is 367 Å². The summed E-state index contributed by atoms with van der Waals surface area (Å²) in [4.78, 5) is 0. The summed E-state index contributed by atoms with van der Waals surface area (Å²) < 4.78 is 3.79. The number of hydrogen-bond acceptors (Lipinski definition) is 1. The summed E-state index contributed by atoms with van der Waals surface area (Å²) in [5, 5.41) is 3.38. The Morgan fingerprint density at radius 1 is 0.429 bits per heavy atom. The zero-order valence-corrected chi connectivity index (χ0v) is 51.1. The molecule has 0 atom stereocenters. The average Bonchev–Trinajstić information content (AvgIpc) is 2.94. The first-order valence-electron chi connectivity index (χ1n) is 22.4. The van der Waals surface area contributed by atoms with Crippen LogP contribution >= 0.6 is 12.6 Å². The van der Waals surface area contributed by atoms with E-state index in [1.807, 2.05) is 19.9 Å². The molecule has 0 aliphatic heterocycles. The van der Waals surface area contributed by atoms with E-state index in [2.05, 4.69) is 198 Å². The second-order valence-corrected chi connectivity index (χ2v) is 64.2. The number of hydrogen-bond donors (Lipinski definition) is 1. The summed E-state index contributed by atoms with van der Waals surface area (Å²) in [7, 11) is -9.93. The van der Waals surface area contributed by atoms with E-state index >= 15 is 0 Å². The van der Waals surface area contributed by atoms with Gasteiger partial charge in [0.25, 0.3) is 0 Å². The molecule has 8 heteroatoms. The molecule has 0 heterocycles. The van der Waals surface area contributed by atoms with E-state index in [1.54, 1.807) is 22.3 Å². The van der Waals surface area contributed by atoms with Crippen LogP contribution < -0.4 is 8.79 Å². The van der Waals surface area contributed by atoms with Crippen LogP contribution in [0.1, 0.15) is 122 Å². The molecular formula is C48H93GeSSi6. The first kappa shape index (κ1) is 52.5. The van der Waals surface area contributed by atoms with Crippen LogP contribution in [-0.2, 0) is 0 Å². The van der Waals surface area contributed by atoms with E-state index in [1.165, 1.54) is 16.4 Å². The maximum atomic E-state index is 4.93. The molecule has 0 unspecified atom stereocenters. The van der Waals surface area contributed by atoms with Crippen LogP contribution in [-0.4, -0.2) is 68.5 Å². The molecule has 0 aromatic heterocycles. The topological polar surface area (TPSA) is 0 Å². The van der Waals surface area contributed by atoms with Gasteiger partial charge in [0.15, 0.2) is 0 Å². The standard InChI is InChI=1S/C48H93GeSSi6/c1-33(2)38-27-40(34(3)4)44(41(28-38)35(5)6)49(31-36(7)37(8)32-50)45-42(47(53(15,16)17)54(18,19)20)29-39(46(51(9,10)11)52(12,13)14)30-43(45)48(55(21,22)23)56(24,25)26/h27-30,33-35,46-48,50H,31-32H2,1-26H3/b37-36-. The first-order valence-corrected chi connectivity index (χ1v) is 48.0. The van der Waals surface area contributed by atoms with Gasteiger partial charge in [0.2, 0.25) is 0 Å². The second-order valence-electron chi connectivity index (χ2n) is 25.5. The fraction of sp³-hybridized carbons (Fsp3) is 0.708. The Balaban J connectivity index is 3.82. The van der Waals surface area contributed by atoms with E-state index in [9.17, 15) is 0 Å². The van der Waals surface area contributed by atoms with Crippen LogP contribution in [0.2, 0.25) is 123 Å². The van der Waals surface area contributed by atoms with Crippen molar-refractivity contribution >= 4 is 84.2 Å². The fourth-order valence-electron chi connectivity index (χ4n) is 11.6. The van der Waals surface area contributed by atoms with Gasteiger partial charge in [-0.3, -0.25) is 0 Å². The zero-order chi connectivity index (χ0) is 44.1. The number of allylic oxidation sites excluding steroid dienone is 1. The van der Waals surface area contributed by atoms with Crippen molar-refractivity contribution in [1.29, 1.82) is 0 Å². The van der Waals surface area contributed by atoms with Crippen molar-refractivity contribution < 1.29 is 0 Å². The van der Waals surface area contributed by atoms with Gasteiger partial charge in [-0.1, -0.05) is 0 Å². The summed E-state index contributed by atoms with van der Waals surface area (Å²) in [6.45, 7) is 68.7. The Morgan fingerprint density at radius 3 is 0.964 bits per heavy atom. The van der Waals surface area contributed by atoms with Crippen LogP contribution in [0, 0.1) is 0 Å². The van der Waals surface area contributed by atoms with Crippen molar-refractivity contribution in [1.82, 2.24) is 0 Å². The third-order valence-electron chi connectivity index (χ3n) is 12.5. The molecule has 1 radical (unpaired) electrons. The SMILES string of the molecule is C/C(CS)=C(\C)[CH2][Ge]([c]1c(C(C)C)cc(C(C)C)cc1C(C)C)[c]1c(C([Si](C)(C)C)[Si](C)(C)C)cc(C([Si](C)(C)C)[Si](C)(C)C)cc1C([Si](C)(C)C)[Si](C)(C)C. The number of rotatable bonds is 17. The van der Waals surface area contributed by atoms with Gasteiger partial charge in [-0.15, -0.1) is 0 Å². The molecule has 0 aliphatic carbocycles. The quantitative estimate of drug-likeness (QED) is 0.0912. The van der Waals surface area contributed by atoms with Gasteiger partial charge in [-0.25, -0.2) is 0 Å². The zero-order valence-electron chi connectivity index (χ0n) is 42.1. The molecule has 0 fully saturated rings. The summed E-state index contributed by atoms with van der Waals surface area (Å²) in [5.41, 5.74) is 13.5. The van der Waals surface area contributed by atoms with Crippen molar-refractivity contribution in [3.8, 4) is 0 Å². The molecule has 0 amide bonds. The average molecular weight is 943 g/mol. The minimum atomic E-state index is -2.36. The van der Waals surface area contributed by atoms with Crippen molar-refractivity contribution in [3.63, 3.8) is 0 Å². The molecule has 0 aliphatic rings. The van der Waals surface area contributed by atoms with Gasteiger partial charge in [0.05, 0.1) is 0 Å². The van der Waals surface area contributed by atoms with Crippen LogP contribution in [0.25, 0.3) is 0 Å². The molecule has 2 rings (SSSR count). The van der Waals surface area contributed by atoms with Gasteiger partial charge < -0.3 is 0 Å². The fourth-order valence-corrected chi connectivity index (χ4v) is 59.6. The molecule has 2 aromatic rings. The minimum absolute atomic E-state index is 0.489. The molecule has 0 bridgehead atoms. The third kappa shape index (κ3) is 12.7. The van der Waals surface area contributed by atoms with Crippen LogP contribution in [0.3, 0.4) is 0 Å². The molecule has 319 valence electrons. The number of benzene rings is 2. The molecule has 0 spiro atoms. The van der Waals surface area contributed by atoms with Gasteiger partial charge in [0.1, 0.15) is 0 Å². The normalized spacial score (nSPS) is 14.8. The molecule has 0 nitrogen and oxygen atoms in total. The van der Waals surface area contributed by atoms with E-state index in [0.717, 1.165) is 10.9 Å². The Morgan fingerprint density at radius 2 is 0.714 bits per heavy atom. The Hall–Kier alpha value is 0.374. The molecule has 0 saturated heterocycles. The molecule has 0 N–H and O–H groups in total. The van der Waals surface area contributed by atoms with Gasteiger partial charge in [-0.05, 0) is 0 Å². The van der Waals surface area contributed by atoms with E-state index in [-0.39, 0.29) is 0 Å². The first-order chi connectivity index (χ1) is 24.9. The monoisotopic (exact) mass is 943 g/mol.